The molecule has 5 heteroatoms. The van der Waals surface area contributed by atoms with Gasteiger partial charge in [0.25, 0.3) is 5.91 Å². The highest BCUT2D eigenvalue weighted by molar-refractivity contribution is 6.30. The van der Waals surface area contributed by atoms with Gasteiger partial charge in [-0.1, -0.05) is 23.7 Å². The van der Waals surface area contributed by atoms with E-state index in [-0.39, 0.29) is 13.1 Å². The lowest BCUT2D eigenvalue weighted by atomic mass is 10.2. The van der Waals surface area contributed by atoms with Crippen molar-refractivity contribution in [3.63, 3.8) is 0 Å². The lowest BCUT2D eigenvalue weighted by Gasteiger charge is -2.20. The Bertz CT molecular complexity index is 371. The fraction of sp³-hybridized carbons (Fsp3) is 0.364. The quantitative estimate of drug-likeness (QED) is 0.801. The molecule has 0 atom stereocenters. The maximum absolute atomic E-state index is 12.2. The average Bonchev–Trinajstić information content (AvgIpc) is 2.25. The molecule has 0 heterocycles. The van der Waals surface area contributed by atoms with E-state index in [1.165, 1.54) is 0 Å². The maximum atomic E-state index is 12.2. The summed E-state index contributed by atoms with van der Waals surface area (Å²) < 4.78 is 24.5. The maximum Gasteiger partial charge on any atom is 0.315 e. The van der Waals surface area contributed by atoms with Crippen LogP contribution in [0.3, 0.4) is 0 Å². The van der Waals surface area contributed by atoms with E-state index >= 15 is 0 Å². The van der Waals surface area contributed by atoms with E-state index in [9.17, 15) is 13.6 Å². The van der Waals surface area contributed by atoms with Crippen LogP contribution in [-0.4, -0.2) is 23.8 Å². The molecular weight excluding hydrogens is 236 g/mol. The van der Waals surface area contributed by atoms with Crippen molar-refractivity contribution in [3.8, 4) is 0 Å². The first-order valence-corrected chi connectivity index (χ1v) is 5.23. The summed E-state index contributed by atoms with van der Waals surface area (Å²) in [5.41, 5.74) is 0.739. The molecule has 2 nitrogen and oxygen atoms in total. The van der Waals surface area contributed by atoms with Crippen LogP contribution in [0, 0.1) is 0 Å². The molecule has 0 saturated heterocycles. The Labute approximate surface area is 97.8 Å². The largest absolute Gasteiger partial charge is 0.334 e. The number of rotatable bonds is 4. The average molecular weight is 248 g/mol. The van der Waals surface area contributed by atoms with E-state index in [1.54, 1.807) is 31.2 Å². The standard InChI is InChI=1S/C11H12ClF2NO/c1-2-15(11(16)10(13)14)7-8-4-3-5-9(12)6-8/h3-6,10H,2,7H2,1H3. The molecule has 0 aliphatic carbocycles. The van der Waals surface area contributed by atoms with Crippen molar-refractivity contribution in [1.82, 2.24) is 4.90 Å². The Morgan fingerprint density at radius 1 is 1.50 bits per heavy atom. The number of nitrogens with zero attached hydrogens (tertiary/aromatic N) is 1. The predicted octanol–water partition coefficient (Wildman–Crippen LogP) is 2.95. The van der Waals surface area contributed by atoms with Crippen molar-refractivity contribution in [2.45, 2.75) is 19.9 Å². The molecule has 0 radical (unpaired) electrons. The van der Waals surface area contributed by atoms with Crippen LogP contribution in [0.25, 0.3) is 0 Å². The first kappa shape index (κ1) is 12.9. The third-order valence-electron chi connectivity index (χ3n) is 2.14. The molecule has 1 aromatic rings. The van der Waals surface area contributed by atoms with Crippen molar-refractivity contribution < 1.29 is 13.6 Å². The first-order valence-electron chi connectivity index (χ1n) is 4.86. The van der Waals surface area contributed by atoms with Crippen molar-refractivity contribution in [3.05, 3.63) is 34.9 Å². The number of carbonyl (C=O) groups is 1. The number of carbonyl (C=O) groups excluding carboxylic acids is 1. The highest BCUT2D eigenvalue weighted by atomic mass is 35.5. The van der Waals surface area contributed by atoms with Gasteiger partial charge >= 0.3 is 6.43 Å². The zero-order chi connectivity index (χ0) is 12.1. The molecule has 1 amide bonds. The van der Waals surface area contributed by atoms with E-state index < -0.39 is 12.3 Å². The Balaban J connectivity index is 2.74. The SMILES string of the molecule is CCN(Cc1cccc(Cl)c1)C(=O)C(F)F. The molecule has 88 valence electrons. The highest BCUT2D eigenvalue weighted by Gasteiger charge is 2.21. The van der Waals surface area contributed by atoms with E-state index in [0.29, 0.717) is 5.02 Å². The van der Waals surface area contributed by atoms with Gasteiger partial charge in [0, 0.05) is 18.1 Å². The van der Waals surface area contributed by atoms with Crippen LogP contribution >= 0.6 is 11.6 Å². The molecule has 1 rings (SSSR count). The summed E-state index contributed by atoms with van der Waals surface area (Å²) in [7, 11) is 0. The lowest BCUT2D eigenvalue weighted by Crippen LogP contribution is -2.34. The zero-order valence-corrected chi connectivity index (χ0v) is 9.55. The van der Waals surface area contributed by atoms with Crippen LogP contribution in [0.2, 0.25) is 5.02 Å². The van der Waals surface area contributed by atoms with Crippen LogP contribution in [0.4, 0.5) is 8.78 Å². The number of hydrogen-bond donors (Lipinski definition) is 0. The van der Waals surface area contributed by atoms with Crippen LogP contribution in [-0.2, 0) is 11.3 Å². The topological polar surface area (TPSA) is 20.3 Å². The smallest absolute Gasteiger partial charge is 0.315 e. The van der Waals surface area contributed by atoms with Gasteiger partial charge in [-0.25, -0.2) is 0 Å². The summed E-state index contributed by atoms with van der Waals surface area (Å²) in [6.45, 7) is 2.06. The van der Waals surface area contributed by atoms with E-state index in [2.05, 4.69) is 0 Å². The highest BCUT2D eigenvalue weighted by Crippen LogP contribution is 2.13. The molecular formula is C11H12ClF2NO. The molecule has 0 aliphatic rings. The van der Waals surface area contributed by atoms with Crippen molar-refractivity contribution in [2.75, 3.05) is 6.54 Å². The van der Waals surface area contributed by atoms with E-state index in [0.717, 1.165) is 10.5 Å². The van der Waals surface area contributed by atoms with Crippen molar-refractivity contribution >= 4 is 17.5 Å². The molecule has 0 aromatic heterocycles. The fourth-order valence-electron chi connectivity index (χ4n) is 1.34. The Kier molecular flexibility index (Phi) is 4.68. The predicted molar refractivity (Wildman–Crippen MR) is 58.5 cm³/mol. The third-order valence-corrected chi connectivity index (χ3v) is 2.38. The second-order valence-corrected chi connectivity index (χ2v) is 3.72. The van der Waals surface area contributed by atoms with Crippen LogP contribution in [0.15, 0.2) is 24.3 Å². The van der Waals surface area contributed by atoms with Crippen molar-refractivity contribution in [2.24, 2.45) is 0 Å². The van der Waals surface area contributed by atoms with Gasteiger partial charge in [0.05, 0.1) is 0 Å². The van der Waals surface area contributed by atoms with Crippen molar-refractivity contribution in [1.29, 1.82) is 0 Å². The monoisotopic (exact) mass is 247 g/mol. The Hall–Kier alpha value is -1.16. The Morgan fingerprint density at radius 2 is 2.19 bits per heavy atom. The summed E-state index contributed by atoms with van der Waals surface area (Å²) in [6.07, 6.45) is -2.96. The molecule has 1 aromatic carbocycles. The van der Waals surface area contributed by atoms with Gasteiger partial charge in [0.15, 0.2) is 0 Å². The summed E-state index contributed by atoms with van der Waals surface area (Å²) in [4.78, 5) is 12.2. The minimum Gasteiger partial charge on any atom is -0.334 e. The minimum absolute atomic E-state index is 0.153. The number of alkyl halides is 2. The Morgan fingerprint density at radius 3 is 2.69 bits per heavy atom. The van der Waals surface area contributed by atoms with Gasteiger partial charge in [-0.3, -0.25) is 4.79 Å². The molecule has 0 spiro atoms. The molecule has 16 heavy (non-hydrogen) atoms. The summed E-state index contributed by atoms with van der Waals surface area (Å²) >= 11 is 5.76. The van der Waals surface area contributed by atoms with Gasteiger partial charge < -0.3 is 4.90 Å². The number of amides is 1. The molecule has 0 N–H and O–H groups in total. The molecule has 0 unspecified atom stereocenters. The van der Waals surface area contributed by atoms with Crippen LogP contribution < -0.4 is 0 Å². The van der Waals surface area contributed by atoms with Gasteiger partial charge in [-0.15, -0.1) is 0 Å². The molecule has 0 saturated carbocycles. The molecule has 0 bridgehead atoms. The first-order chi connectivity index (χ1) is 7.54. The van der Waals surface area contributed by atoms with Gasteiger partial charge in [0.1, 0.15) is 0 Å². The number of hydrogen-bond acceptors (Lipinski definition) is 1. The molecule has 0 aliphatic heterocycles. The fourth-order valence-corrected chi connectivity index (χ4v) is 1.55. The number of benzene rings is 1. The van der Waals surface area contributed by atoms with Gasteiger partial charge in [-0.2, -0.15) is 8.78 Å². The van der Waals surface area contributed by atoms with E-state index in [4.69, 9.17) is 11.6 Å². The van der Waals surface area contributed by atoms with Crippen LogP contribution in [0.1, 0.15) is 12.5 Å². The zero-order valence-electron chi connectivity index (χ0n) is 8.79. The summed E-state index contributed by atoms with van der Waals surface area (Å²) in [5, 5.41) is 0.526. The summed E-state index contributed by atoms with van der Waals surface area (Å²) in [5.74, 6) is -1.15. The second kappa shape index (κ2) is 5.80. The van der Waals surface area contributed by atoms with Gasteiger partial charge in [-0.05, 0) is 24.6 Å². The van der Waals surface area contributed by atoms with Crippen LogP contribution in [0.5, 0.6) is 0 Å². The third kappa shape index (κ3) is 3.45. The normalized spacial score (nSPS) is 10.6. The van der Waals surface area contributed by atoms with Gasteiger partial charge in [0.2, 0.25) is 0 Å². The molecule has 0 fully saturated rings. The second-order valence-electron chi connectivity index (χ2n) is 3.28. The summed E-state index contributed by atoms with van der Waals surface area (Å²) in [6, 6.07) is 6.81. The lowest BCUT2D eigenvalue weighted by molar-refractivity contribution is -0.143. The number of halogens is 3. The minimum atomic E-state index is -2.96. The van der Waals surface area contributed by atoms with E-state index in [1.807, 2.05) is 0 Å².